The maximum absolute atomic E-state index is 8.20. The van der Waals surface area contributed by atoms with Gasteiger partial charge in [0.05, 0.1) is 0 Å². The summed E-state index contributed by atoms with van der Waals surface area (Å²) in [6.07, 6.45) is 1.20. The summed E-state index contributed by atoms with van der Waals surface area (Å²) in [5, 5.41) is 8.20. The molecule has 0 fully saturated rings. The smallest absolute Gasteiger partial charge is 0.251 e. The maximum atomic E-state index is 8.20. The summed E-state index contributed by atoms with van der Waals surface area (Å²) in [7, 11) is 0. The van der Waals surface area contributed by atoms with Crippen molar-refractivity contribution in [3.05, 3.63) is 6.33 Å². The lowest BCUT2D eigenvalue weighted by molar-refractivity contribution is 0.382. The third-order valence-corrected chi connectivity index (χ3v) is 0.690. The molecule has 0 bridgehead atoms. The van der Waals surface area contributed by atoms with Crippen molar-refractivity contribution in [2.45, 2.75) is 0 Å². The molecular formula is C3H5N5O. The molecular weight excluding hydrogens is 122 g/mol. The standard InChI is InChI=1S/C3H5N5O/c4-2-5-1-6-3(7-2)8-9/h1,9H,(H3,4,5,6,7,8). The minimum Gasteiger partial charge on any atom is -0.368 e. The van der Waals surface area contributed by atoms with Crippen molar-refractivity contribution in [3.8, 4) is 0 Å². The highest BCUT2D eigenvalue weighted by atomic mass is 16.5. The molecule has 0 saturated heterocycles. The number of aromatic nitrogens is 3. The van der Waals surface area contributed by atoms with Crippen LogP contribution in [0, 0.1) is 0 Å². The van der Waals surface area contributed by atoms with E-state index in [1.807, 2.05) is 0 Å². The molecule has 0 spiro atoms. The van der Waals surface area contributed by atoms with Crippen LogP contribution in [0.2, 0.25) is 0 Å². The first-order chi connectivity index (χ1) is 4.33. The van der Waals surface area contributed by atoms with Crippen LogP contribution < -0.4 is 11.2 Å². The highest BCUT2D eigenvalue weighted by Crippen LogP contribution is 1.93. The fourth-order valence-electron chi connectivity index (χ4n) is 0.363. The normalized spacial score (nSPS) is 9.00. The third kappa shape index (κ3) is 1.23. The second kappa shape index (κ2) is 2.23. The van der Waals surface area contributed by atoms with E-state index < -0.39 is 0 Å². The van der Waals surface area contributed by atoms with Crippen LogP contribution >= 0.6 is 0 Å². The van der Waals surface area contributed by atoms with E-state index in [1.54, 1.807) is 5.48 Å². The van der Waals surface area contributed by atoms with Crippen molar-refractivity contribution >= 4 is 11.9 Å². The maximum Gasteiger partial charge on any atom is 0.251 e. The highest BCUT2D eigenvalue weighted by molar-refractivity contribution is 5.25. The zero-order valence-electron chi connectivity index (χ0n) is 4.44. The van der Waals surface area contributed by atoms with E-state index in [0.717, 1.165) is 0 Å². The quantitative estimate of drug-likeness (QED) is 0.429. The topological polar surface area (TPSA) is 97.0 Å². The Kier molecular flexibility index (Phi) is 1.41. The zero-order chi connectivity index (χ0) is 6.69. The van der Waals surface area contributed by atoms with E-state index in [4.69, 9.17) is 10.9 Å². The Hall–Kier alpha value is -1.43. The average Bonchev–Trinajstić information content (AvgIpc) is 1.88. The van der Waals surface area contributed by atoms with E-state index in [-0.39, 0.29) is 11.9 Å². The van der Waals surface area contributed by atoms with Crippen LogP contribution in [0.25, 0.3) is 0 Å². The molecule has 0 radical (unpaired) electrons. The molecule has 1 heterocycles. The largest absolute Gasteiger partial charge is 0.368 e. The van der Waals surface area contributed by atoms with E-state index in [1.165, 1.54) is 6.33 Å². The van der Waals surface area contributed by atoms with Gasteiger partial charge in [0.15, 0.2) is 0 Å². The van der Waals surface area contributed by atoms with E-state index in [9.17, 15) is 0 Å². The van der Waals surface area contributed by atoms with E-state index >= 15 is 0 Å². The number of hydrogen-bond acceptors (Lipinski definition) is 6. The first kappa shape index (κ1) is 5.70. The Bertz CT molecular complexity index is 201. The number of anilines is 2. The number of nitrogen functional groups attached to an aromatic ring is 1. The second-order valence-corrected chi connectivity index (χ2v) is 1.28. The van der Waals surface area contributed by atoms with Crippen LogP contribution in [0.15, 0.2) is 6.33 Å². The van der Waals surface area contributed by atoms with Crippen LogP contribution in [0.4, 0.5) is 11.9 Å². The molecule has 1 aromatic heterocycles. The fraction of sp³-hybridized carbons (Fsp3) is 0. The minimum absolute atomic E-state index is 0.0440. The van der Waals surface area contributed by atoms with Gasteiger partial charge in [-0.25, -0.2) is 10.5 Å². The first-order valence-electron chi connectivity index (χ1n) is 2.17. The van der Waals surface area contributed by atoms with Crippen LogP contribution in [-0.4, -0.2) is 20.2 Å². The number of nitrogens with two attached hydrogens (primary N) is 1. The van der Waals surface area contributed by atoms with Gasteiger partial charge in [0, 0.05) is 0 Å². The SMILES string of the molecule is Nc1ncnc(NO)n1. The number of hydrogen-bond donors (Lipinski definition) is 3. The molecule has 6 heteroatoms. The summed E-state index contributed by atoms with van der Waals surface area (Å²) in [5.74, 6) is 0.115. The predicted molar refractivity (Wildman–Crippen MR) is 29.6 cm³/mol. The molecule has 0 amide bonds. The van der Waals surface area contributed by atoms with Gasteiger partial charge >= 0.3 is 0 Å². The fourth-order valence-corrected chi connectivity index (χ4v) is 0.363. The summed E-state index contributed by atoms with van der Waals surface area (Å²) in [6.45, 7) is 0. The molecule has 1 rings (SSSR count). The molecule has 9 heavy (non-hydrogen) atoms. The highest BCUT2D eigenvalue weighted by Gasteiger charge is 1.91. The van der Waals surface area contributed by atoms with Gasteiger partial charge in [0.25, 0.3) is 5.95 Å². The monoisotopic (exact) mass is 127 g/mol. The van der Waals surface area contributed by atoms with Crippen molar-refractivity contribution < 1.29 is 5.21 Å². The molecule has 4 N–H and O–H groups in total. The van der Waals surface area contributed by atoms with Crippen molar-refractivity contribution in [2.75, 3.05) is 11.2 Å². The summed E-state index contributed by atoms with van der Waals surface area (Å²) >= 11 is 0. The molecule has 0 aliphatic rings. The third-order valence-electron chi connectivity index (χ3n) is 0.690. The molecule has 0 aromatic carbocycles. The van der Waals surface area contributed by atoms with Gasteiger partial charge < -0.3 is 5.73 Å². The Morgan fingerprint density at radius 1 is 1.56 bits per heavy atom. The van der Waals surface area contributed by atoms with E-state index in [0.29, 0.717) is 0 Å². The molecule has 1 aromatic rings. The van der Waals surface area contributed by atoms with Crippen molar-refractivity contribution in [1.82, 2.24) is 15.0 Å². The van der Waals surface area contributed by atoms with Crippen LogP contribution in [0.1, 0.15) is 0 Å². The molecule has 48 valence electrons. The number of nitrogens with one attached hydrogen (secondary N) is 1. The Labute approximate surface area is 50.7 Å². The number of nitrogens with zero attached hydrogens (tertiary/aromatic N) is 3. The summed E-state index contributed by atoms with van der Waals surface area (Å²) in [6, 6.07) is 0. The molecule has 0 unspecified atom stereocenters. The van der Waals surface area contributed by atoms with Gasteiger partial charge in [-0.15, -0.1) is 0 Å². The van der Waals surface area contributed by atoms with Crippen molar-refractivity contribution in [2.24, 2.45) is 0 Å². The second-order valence-electron chi connectivity index (χ2n) is 1.28. The van der Waals surface area contributed by atoms with Crippen molar-refractivity contribution in [3.63, 3.8) is 0 Å². The van der Waals surface area contributed by atoms with Crippen molar-refractivity contribution in [1.29, 1.82) is 0 Å². The Morgan fingerprint density at radius 2 is 2.33 bits per heavy atom. The van der Waals surface area contributed by atoms with Crippen LogP contribution in [-0.2, 0) is 0 Å². The Balaban J connectivity index is 2.94. The van der Waals surface area contributed by atoms with Gasteiger partial charge in [0.1, 0.15) is 6.33 Å². The first-order valence-corrected chi connectivity index (χ1v) is 2.17. The van der Waals surface area contributed by atoms with Gasteiger partial charge in [-0.05, 0) is 0 Å². The molecule has 6 nitrogen and oxygen atoms in total. The molecule has 0 aliphatic carbocycles. The zero-order valence-corrected chi connectivity index (χ0v) is 4.44. The summed E-state index contributed by atoms with van der Waals surface area (Å²) < 4.78 is 0. The molecule has 0 aliphatic heterocycles. The molecule has 0 saturated carbocycles. The van der Waals surface area contributed by atoms with Gasteiger partial charge in [-0.2, -0.15) is 9.97 Å². The van der Waals surface area contributed by atoms with Gasteiger partial charge in [0.2, 0.25) is 5.95 Å². The number of rotatable bonds is 1. The predicted octanol–water partition coefficient (Wildman–Crippen LogP) is -0.745. The molecule has 0 atom stereocenters. The van der Waals surface area contributed by atoms with Crippen LogP contribution in [0.5, 0.6) is 0 Å². The average molecular weight is 127 g/mol. The van der Waals surface area contributed by atoms with Gasteiger partial charge in [-0.3, -0.25) is 5.21 Å². The van der Waals surface area contributed by atoms with E-state index in [2.05, 4.69) is 15.0 Å². The lowest BCUT2D eigenvalue weighted by Gasteiger charge is -1.93. The van der Waals surface area contributed by atoms with Crippen LogP contribution in [0.3, 0.4) is 0 Å². The summed E-state index contributed by atoms with van der Waals surface area (Å²) in [4.78, 5) is 10.5. The summed E-state index contributed by atoms with van der Waals surface area (Å²) in [5.41, 5.74) is 6.85. The minimum atomic E-state index is 0.0440. The Morgan fingerprint density at radius 3 is 2.78 bits per heavy atom. The lowest BCUT2D eigenvalue weighted by Crippen LogP contribution is -2.01. The van der Waals surface area contributed by atoms with Gasteiger partial charge in [-0.1, -0.05) is 0 Å². The lowest BCUT2D eigenvalue weighted by atomic mass is 10.9.